The van der Waals surface area contributed by atoms with Crippen LogP contribution in [0.4, 0.5) is 16.5 Å². The summed E-state index contributed by atoms with van der Waals surface area (Å²) < 4.78 is 16.0. The number of aromatic nitrogens is 1. The van der Waals surface area contributed by atoms with Gasteiger partial charge in [-0.25, -0.2) is 4.98 Å². The Morgan fingerprint density at radius 2 is 1.83 bits per heavy atom. The summed E-state index contributed by atoms with van der Waals surface area (Å²) in [6.45, 7) is 2.53. The number of methoxy groups -OCH3 is 2. The molecule has 0 radical (unpaired) electrons. The second-order valence-electron chi connectivity index (χ2n) is 6.02. The van der Waals surface area contributed by atoms with E-state index in [0.29, 0.717) is 34.6 Å². The average Bonchev–Trinajstić information content (AvgIpc) is 3.16. The van der Waals surface area contributed by atoms with Crippen LogP contribution < -0.4 is 24.8 Å². The lowest BCUT2D eigenvalue weighted by Gasteiger charge is -2.10. The third-order valence-corrected chi connectivity index (χ3v) is 4.80. The number of anilines is 3. The van der Waals surface area contributed by atoms with Crippen molar-refractivity contribution in [3.63, 3.8) is 0 Å². The van der Waals surface area contributed by atoms with E-state index < -0.39 is 0 Å². The number of carbonyl (C=O) groups excluding carboxylic acids is 1. The van der Waals surface area contributed by atoms with Crippen LogP contribution in [0.3, 0.4) is 0 Å². The second-order valence-corrected chi connectivity index (χ2v) is 6.88. The fraction of sp³-hybridized carbons (Fsp3) is 0.238. The lowest BCUT2D eigenvalue weighted by atomic mass is 10.2. The van der Waals surface area contributed by atoms with Crippen molar-refractivity contribution >= 4 is 33.8 Å². The molecule has 29 heavy (non-hydrogen) atoms. The first kappa shape index (κ1) is 20.5. The van der Waals surface area contributed by atoms with Gasteiger partial charge in [-0.2, -0.15) is 0 Å². The first-order valence-corrected chi connectivity index (χ1v) is 9.95. The van der Waals surface area contributed by atoms with Crippen LogP contribution in [0.5, 0.6) is 17.2 Å². The molecule has 0 aliphatic rings. The molecule has 0 spiro atoms. The van der Waals surface area contributed by atoms with Gasteiger partial charge in [0.2, 0.25) is 5.91 Å². The zero-order chi connectivity index (χ0) is 20.6. The second kappa shape index (κ2) is 9.79. The van der Waals surface area contributed by atoms with Crippen molar-refractivity contribution in [2.75, 3.05) is 31.5 Å². The Bertz CT molecular complexity index is 957. The summed E-state index contributed by atoms with van der Waals surface area (Å²) in [5, 5.41) is 8.60. The first-order chi connectivity index (χ1) is 14.1. The summed E-state index contributed by atoms with van der Waals surface area (Å²) in [6.07, 6.45) is 0.181. The predicted molar refractivity (Wildman–Crippen MR) is 115 cm³/mol. The van der Waals surface area contributed by atoms with Gasteiger partial charge in [-0.3, -0.25) is 4.79 Å². The van der Waals surface area contributed by atoms with Crippen molar-refractivity contribution in [3.05, 3.63) is 53.5 Å². The van der Waals surface area contributed by atoms with Crippen molar-refractivity contribution in [2.24, 2.45) is 0 Å². The Hall–Kier alpha value is -3.26. The van der Waals surface area contributed by atoms with Gasteiger partial charge in [-0.05, 0) is 43.3 Å². The summed E-state index contributed by atoms with van der Waals surface area (Å²) in [6, 6.07) is 12.7. The van der Waals surface area contributed by atoms with Crippen molar-refractivity contribution in [1.82, 2.24) is 4.98 Å². The quantitative estimate of drug-likeness (QED) is 0.538. The summed E-state index contributed by atoms with van der Waals surface area (Å²) in [5.74, 6) is 2.02. The molecule has 0 saturated heterocycles. The molecule has 0 aliphatic carbocycles. The minimum atomic E-state index is -0.134. The zero-order valence-electron chi connectivity index (χ0n) is 16.5. The van der Waals surface area contributed by atoms with Gasteiger partial charge < -0.3 is 24.8 Å². The molecule has 3 rings (SSSR count). The largest absolute Gasteiger partial charge is 0.497 e. The molecule has 0 unspecified atom stereocenters. The van der Waals surface area contributed by atoms with Crippen LogP contribution in [0.1, 0.15) is 12.6 Å². The van der Waals surface area contributed by atoms with Gasteiger partial charge >= 0.3 is 0 Å². The van der Waals surface area contributed by atoms with Crippen LogP contribution in [-0.2, 0) is 11.2 Å². The molecule has 1 amide bonds. The lowest BCUT2D eigenvalue weighted by molar-refractivity contribution is -0.115. The van der Waals surface area contributed by atoms with Crippen LogP contribution >= 0.6 is 11.3 Å². The molecule has 3 aromatic rings. The number of amides is 1. The van der Waals surface area contributed by atoms with Gasteiger partial charge in [0.05, 0.1) is 38.6 Å². The Labute approximate surface area is 173 Å². The van der Waals surface area contributed by atoms with Gasteiger partial charge in [0.25, 0.3) is 0 Å². The normalized spacial score (nSPS) is 10.3. The molecule has 0 bridgehead atoms. The number of nitrogens with one attached hydrogen (secondary N) is 2. The fourth-order valence-corrected chi connectivity index (χ4v) is 3.37. The van der Waals surface area contributed by atoms with Gasteiger partial charge in [-0.1, -0.05) is 0 Å². The maximum Gasteiger partial charge on any atom is 0.230 e. The summed E-state index contributed by atoms with van der Waals surface area (Å²) >= 11 is 1.42. The Morgan fingerprint density at radius 1 is 1.07 bits per heavy atom. The maximum absolute atomic E-state index is 12.3. The first-order valence-electron chi connectivity index (χ1n) is 9.07. The third-order valence-electron chi connectivity index (χ3n) is 3.99. The monoisotopic (exact) mass is 413 g/mol. The number of carbonyl (C=O) groups is 1. The summed E-state index contributed by atoms with van der Waals surface area (Å²) in [5.41, 5.74) is 2.14. The molecule has 0 aliphatic heterocycles. The van der Waals surface area contributed by atoms with E-state index in [1.165, 1.54) is 11.3 Å². The van der Waals surface area contributed by atoms with Crippen LogP contribution in [0.25, 0.3) is 0 Å². The van der Waals surface area contributed by atoms with Gasteiger partial charge in [0.1, 0.15) is 17.2 Å². The smallest absolute Gasteiger partial charge is 0.230 e. The van der Waals surface area contributed by atoms with Gasteiger partial charge in [-0.15, -0.1) is 11.3 Å². The highest BCUT2D eigenvalue weighted by atomic mass is 32.1. The highest BCUT2D eigenvalue weighted by Gasteiger charge is 2.11. The van der Waals surface area contributed by atoms with Crippen molar-refractivity contribution in [3.8, 4) is 17.2 Å². The van der Waals surface area contributed by atoms with Crippen LogP contribution in [0, 0.1) is 0 Å². The highest BCUT2D eigenvalue weighted by molar-refractivity contribution is 7.13. The van der Waals surface area contributed by atoms with E-state index in [9.17, 15) is 4.79 Å². The standard InChI is InChI=1S/C21H23N3O4S/c1-4-28-16-7-5-14(6-8-16)22-20(25)11-15-13-29-21(23-15)24-18-12-17(26-2)9-10-19(18)27-3/h5-10,12-13H,4,11H2,1-3H3,(H,22,25)(H,23,24). The van der Waals surface area contributed by atoms with E-state index in [1.807, 2.05) is 54.8 Å². The van der Waals surface area contributed by atoms with E-state index in [2.05, 4.69) is 15.6 Å². The van der Waals surface area contributed by atoms with E-state index in [4.69, 9.17) is 14.2 Å². The fourth-order valence-electron chi connectivity index (χ4n) is 2.64. The number of rotatable bonds is 9. The van der Waals surface area contributed by atoms with Crippen LogP contribution in [0.2, 0.25) is 0 Å². The molecule has 1 heterocycles. The number of ether oxygens (including phenoxy) is 3. The maximum atomic E-state index is 12.3. The number of hydrogen-bond donors (Lipinski definition) is 2. The van der Waals surface area contributed by atoms with Crippen LogP contribution in [0.15, 0.2) is 47.8 Å². The lowest BCUT2D eigenvalue weighted by Crippen LogP contribution is -2.14. The Kier molecular flexibility index (Phi) is 6.91. The molecular weight excluding hydrogens is 390 g/mol. The SMILES string of the molecule is CCOc1ccc(NC(=O)Cc2csc(Nc3cc(OC)ccc3OC)n2)cc1. The topological polar surface area (TPSA) is 81.7 Å². The molecule has 0 atom stereocenters. The molecule has 0 saturated carbocycles. The van der Waals surface area contributed by atoms with Crippen molar-refractivity contribution in [1.29, 1.82) is 0 Å². The predicted octanol–water partition coefficient (Wildman–Crippen LogP) is 4.48. The summed E-state index contributed by atoms with van der Waals surface area (Å²) in [7, 11) is 3.21. The minimum absolute atomic E-state index is 0.134. The molecule has 152 valence electrons. The minimum Gasteiger partial charge on any atom is -0.497 e. The van der Waals surface area contributed by atoms with Gasteiger partial charge in [0, 0.05) is 17.1 Å². The number of benzene rings is 2. The van der Waals surface area contributed by atoms with Crippen LogP contribution in [-0.4, -0.2) is 31.7 Å². The van der Waals surface area contributed by atoms with E-state index in [0.717, 1.165) is 11.4 Å². The Morgan fingerprint density at radius 3 is 2.52 bits per heavy atom. The number of hydrogen-bond acceptors (Lipinski definition) is 7. The zero-order valence-corrected chi connectivity index (χ0v) is 17.3. The Balaban J connectivity index is 1.60. The average molecular weight is 413 g/mol. The van der Waals surface area contributed by atoms with Crippen molar-refractivity contribution < 1.29 is 19.0 Å². The molecule has 2 aromatic carbocycles. The number of thiazole rings is 1. The number of nitrogens with zero attached hydrogens (tertiary/aromatic N) is 1. The highest BCUT2D eigenvalue weighted by Crippen LogP contribution is 2.32. The van der Waals surface area contributed by atoms with E-state index in [-0.39, 0.29) is 12.3 Å². The van der Waals surface area contributed by atoms with Crippen molar-refractivity contribution in [2.45, 2.75) is 13.3 Å². The molecule has 7 nitrogen and oxygen atoms in total. The third kappa shape index (κ3) is 5.61. The molecular formula is C21H23N3O4S. The molecule has 2 N–H and O–H groups in total. The molecule has 0 fully saturated rings. The van der Waals surface area contributed by atoms with E-state index in [1.54, 1.807) is 14.2 Å². The van der Waals surface area contributed by atoms with Gasteiger partial charge in [0.15, 0.2) is 5.13 Å². The molecule has 1 aromatic heterocycles. The van der Waals surface area contributed by atoms with E-state index >= 15 is 0 Å². The molecule has 8 heteroatoms. The summed E-state index contributed by atoms with van der Waals surface area (Å²) in [4.78, 5) is 16.8.